The number of nitrogens with one attached hydrogen (secondary N) is 1. The van der Waals surface area contributed by atoms with Gasteiger partial charge in [0.2, 0.25) is 0 Å². The zero-order chi connectivity index (χ0) is 9.84. The first-order valence-corrected chi connectivity index (χ1v) is 5.49. The molecule has 13 heavy (non-hydrogen) atoms. The van der Waals surface area contributed by atoms with E-state index >= 15 is 0 Å². The zero-order valence-electron chi connectivity index (χ0n) is 9.09. The second kappa shape index (κ2) is 4.97. The van der Waals surface area contributed by atoms with Crippen LogP contribution in [0.4, 0.5) is 0 Å². The lowest BCUT2D eigenvalue weighted by Crippen LogP contribution is -2.39. The fourth-order valence-corrected chi connectivity index (χ4v) is 2.45. The molecule has 0 amide bonds. The van der Waals surface area contributed by atoms with Crippen molar-refractivity contribution in [1.82, 2.24) is 5.32 Å². The summed E-state index contributed by atoms with van der Waals surface area (Å²) < 4.78 is 0. The molecule has 0 aromatic carbocycles. The van der Waals surface area contributed by atoms with Crippen LogP contribution in [-0.2, 0) is 0 Å². The van der Waals surface area contributed by atoms with E-state index in [1.54, 1.807) is 0 Å². The van der Waals surface area contributed by atoms with Gasteiger partial charge in [-0.2, -0.15) is 0 Å². The molecule has 1 rings (SSSR count). The van der Waals surface area contributed by atoms with Crippen LogP contribution in [0, 0.1) is 11.8 Å². The first kappa shape index (κ1) is 11.0. The number of aliphatic hydroxyl groups excluding tert-OH is 1. The van der Waals surface area contributed by atoms with E-state index in [2.05, 4.69) is 19.2 Å². The summed E-state index contributed by atoms with van der Waals surface area (Å²) >= 11 is 0. The average molecular weight is 185 g/mol. The fourth-order valence-electron chi connectivity index (χ4n) is 2.45. The maximum atomic E-state index is 9.15. The Morgan fingerprint density at radius 3 is 2.23 bits per heavy atom. The molecule has 0 radical (unpaired) electrons. The summed E-state index contributed by atoms with van der Waals surface area (Å²) in [5.74, 6) is 1.69. The van der Waals surface area contributed by atoms with Crippen molar-refractivity contribution in [3.05, 3.63) is 0 Å². The van der Waals surface area contributed by atoms with E-state index in [4.69, 9.17) is 5.11 Å². The van der Waals surface area contributed by atoms with E-state index in [1.165, 1.54) is 19.3 Å². The molecule has 1 aliphatic rings. The lowest BCUT2D eigenvalue weighted by molar-refractivity contribution is 0.168. The Hall–Kier alpha value is -0.0800. The molecule has 0 aliphatic heterocycles. The minimum atomic E-state index is -0.215. The monoisotopic (exact) mass is 185 g/mol. The number of hydrogen-bond acceptors (Lipinski definition) is 2. The largest absolute Gasteiger partial charge is 0.392 e. The van der Waals surface area contributed by atoms with Gasteiger partial charge in [0.1, 0.15) is 0 Å². The molecule has 0 bridgehead atoms. The molecule has 78 valence electrons. The van der Waals surface area contributed by atoms with Crippen molar-refractivity contribution in [3.8, 4) is 0 Å². The van der Waals surface area contributed by atoms with Gasteiger partial charge in [0.05, 0.1) is 6.10 Å². The first-order valence-electron chi connectivity index (χ1n) is 5.49. The molecule has 1 fully saturated rings. The van der Waals surface area contributed by atoms with Gasteiger partial charge < -0.3 is 10.4 Å². The van der Waals surface area contributed by atoms with Gasteiger partial charge in [-0.15, -0.1) is 0 Å². The molecule has 0 saturated heterocycles. The highest BCUT2D eigenvalue weighted by Crippen LogP contribution is 2.28. The van der Waals surface area contributed by atoms with Gasteiger partial charge in [-0.25, -0.2) is 0 Å². The fraction of sp³-hybridized carbons (Fsp3) is 1.00. The minimum absolute atomic E-state index is 0.215. The van der Waals surface area contributed by atoms with Crippen LogP contribution in [0.25, 0.3) is 0 Å². The van der Waals surface area contributed by atoms with Crippen LogP contribution in [0.5, 0.6) is 0 Å². The van der Waals surface area contributed by atoms with Crippen molar-refractivity contribution in [1.29, 1.82) is 0 Å². The second-order valence-electron chi connectivity index (χ2n) is 4.87. The highest BCUT2D eigenvalue weighted by Gasteiger charge is 2.23. The molecule has 0 spiro atoms. The Kier molecular flexibility index (Phi) is 4.20. The molecule has 0 heterocycles. The summed E-state index contributed by atoms with van der Waals surface area (Å²) in [6, 6.07) is 0.633. The van der Waals surface area contributed by atoms with Gasteiger partial charge in [-0.1, -0.05) is 13.8 Å². The van der Waals surface area contributed by atoms with E-state index < -0.39 is 0 Å². The smallest absolute Gasteiger partial charge is 0.0636 e. The molecule has 4 atom stereocenters. The Bertz CT molecular complexity index is 137. The van der Waals surface area contributed by atoms with Gasteiger partial charge in [0, 0.05) is 12.6 Å². The molecule has 1 saturated carbocycles. The van der Waals surface area contributed by atoms with Crippen LogP contribution < -0.4 is 5.32 Å². The molecule has 0 aromatic rings. The third kappa shape index (κ3) is 4.10. The van der Waals surface area contributed by atoms with E-state index in [0.717, 1.165) is 18.4 Å². The van der Waals surface area contributed by atoms with Crippen molar-refractivity contribution >= 4 is 0 Å². The van der Waals surface area contributed by atoms with Crippen molar-refractivity contribution in [3.63, 3.8) is 0 Å². The number of rotatable bonds is 3. The van der Waals surface area contributed by atoms with Crippen LogP contribution in [0.2, 0.25) is 0 Å². The lowest BCUT2D eigenvalue weighted by Gasteiger charge is -2.32. The van der Waals surface area contributed by atoms with Crippen molar-refractivity contribution in [2.75, 3.05) is 6.54 Å². The van der Waals surface area contributed by atoms with E-state index in [9.17, 15) is 0 Å². The summed E-state index contributed by atoms with van der Waals surface area (Å²) in [5, 5.41) is 12.6. The van der Waals surface area contributed by atoms with E-state index in [-0.39, 0.29) is 6.10 Å². The van der Waals surface area contributed by atoms with Crippen LogP contribution in [-0.4, -0.2) is 23.8 Å². The van der Waals surface area contributed by atoms with E-state index in [1.807, 2.05) is 6.92 Å². The van der Waals surface area contributed by atoms with Crippen LogP contribution in [0.1, 0.15) is 40.0 Å². The maximum Gasteiger partial charge on any atom is 0.0636 e. The molecular formula is C11H23NO. The second-order valence-corrected chi connectivity index (χ2v) is 4.87. The predicted molar refractivity (Wildman–Crippen MR) is 55.7 cm³/mol. The summed E-state index contributed by atoms with van der Waals surface area (Å²) in [6.07, 6.45) is 3.70. The standard InChI is InChI=1S/C11H23NO/c1-8-4-9(2)6-11(5-8)12-7-10(3)13/h8-13H,4-7H2,1-3H3/t8-,9+,10-,11?/m0/s1. The number of hydrogen-bond donors (Lipinski definition) is 2. The SMILES string of the molecule is C[C@@H]1CC(NC[C@H](C)O)C[C@H](C)C1. The minimum Gasteiger partial charge on any atom is -0.392 e. The summed E-state index contributed by atoms with van der Waals surface area (Å²) in [5.41, 5.74) is 0. The van der Waals surface area contributed by atoms with Gasteiger partial charge in [0.15, 0.2) is 0 Å². The Morgan fingerprint density at radius 1 is 1.23 bits per heavy atom. The molecule has 1 aliphatic carbocycles. The van der Waals surface area contributed by atoms with Crippen molar-refractivity contribution in [2.45, 2.75) is 52.2 Å². The quantitative estimate of drug-likeness (QED) is 0.702. The molecular weight excluding hydrogens is 162 g/mol. The van der Waals surface area contributed by atoms with Gasteiger partial charge in [-0.05, 0) is 38.0 Å². The van der Waals surface area contributed by atoms with Crippen LogP contribution in [0.15, 0.2) is 0 Å². The normalized spacial score (nSPS) is 37.4. The van der Waals surface area contributed by atoms with Gasteiger partial charge >= 0.3 is 0 Å². The number of aliphatic hydroxyl groups is 1. The highest BCUT2D eigenvalue weighted by atomic mass is 16.3. The van der Waals surface area contributed by atoms with Gasteiger partial charge in [0.25, 0.3) is 0 Å². The molecule has 2 N–H and O–H groups in total. The third-order valence-electron chi connectivity index (χ3n) is 2.88. The Balaban J connectivity index is 2.25. The van der Waals surface area contributed by atoms with Crippen molar-refractivity contribution < 1.29 is 5.11 Å². The molecule has 0 aromatic heterocycles. The van der Waals surface area contributed by atoms with Crippen molar-refractivity contribution in [2.24, 2.45) is 11.8 Å². The summed E-state index contributed by atoms with van der Waals surface area (Å²) in [4.78, 5) is 0. The predicted octanol–water partition coefficient (Wildman–Crippen LogP) is 1.78. The van der Waals surface area contributed by atoms with Gasteiger partial charge in [-0.3, -0.25) is 0 Å². The summed E-state index contributed by atoms with van der Waals surface area (Å²) in [7, 11) is 0. The molecule has 2 heteroatoms. The molecule has 1 unspecified atom stereocenters. The van der Waals surface area contributed by atoms with Crippen LogP contribution >= 0.6 is 0 Å². The summed E-state index contributed by atoms with van der Waals surface area (Å²) in [6.45, 7) is 7.23. The third-order valence-corrected chi connectivity index (χ3v) is 2.88. The van der Waals surface area contributed by atoms with Crippen LogP contribution in [0.3, 0.4) is 0 Å². The zero-order valence-corrected chi connectivity index (χ0v) is 9.09. The first-order chi connectivity index (χ1) is 6.08. The Labute approximate surface area is 81.7 Å². The Morgan fingerprint density at radius 2 is 1.77 bits per heavy atom. The average Bonchev–Trinajstić information content (AvgIpc) is 1.99. The lowest BCUT2D eigenvalue weighted by atomic mass is 9.80. The maximum absolute atomic E-state index is 9.15. The van der Waals surface area contributed by atoms with E-state index in [0.29, 0.717) is 6.04 Å². The molecule has 2 nitrogen and oxygen atoms in total. The topological polar surface area (TPSA) is 32.3 Å². The highest BCUT2D eigenvalue weighted by molar-refractivity contribution is 4.79.